The topological polar surface area (TPSA) is 55.8 Å². The van der Waals surface area contributed by atoms with Crippen LogP contribution in [0.15, 0.2) is 24.3 Å². The Kier molecular flexibility index (Phi) is 4.02. The average molecular weight is 303 g/mol. The molecular formula is C17H21NO4. The van der Waals surface area contributed by atoms with Gasteiger partial charge in [0, 0.05) is 6.54 Å². The summed E-state index contributed by atoms with van der Waals surface area (Å²) in [5.74, 6) is -0.850. The van der Waals surface area contributed by atoms with Crippen molar-refractivity contribution in [3.63, 3.8) is 0 Å². The van der Waals surface area contributed by atoms with Crippen molar-refractivity contribution < 1.29 is 19.1 Å². The number of carbonyl (C=O) groups excluding carboxylic acids is 2. The van der Waals surface area contributed by atoms with E-state index >= 15 is 0 Å². The first-order valence-corrected chi connectivity index (χ1v) is 7.75. The summed E-state index contributed by atoms with van der Waals surface area (Å²) < 4.78 is 11.3. The third-order valence-corrected chi connectivity index (χ3v) is 4.10. The molecule has 1 aromatic rings. The fraction of sp³-hybridized carbons (Fsp3) is 0.529. The number of nitrogens with zero attached hydrogens (tertiary/aromatic N) is 1. The van der Waals surface area contributed by atoms with Gasteiger partial charge in [-0.15, -0.1) is 0 Å². The normalized spacial score (nSPS) is 23.2. The minimum absolute atomic E-state index is 0.108. The maximum Gasteiger partial charge on any atom is 0.261 e. The molecule has 0 saturated carbocycles. The zero-order valence-electron chi connectivity index (χ0n) is 13.0. The molecule has 1 aromatic carbocycles. The summed E-state index contributed by atoms with van der Waals surface area (Å²) in [4.78, 5) is 25.8. The van der Waals surface area contributed by atoms with Crippen LogP contribution in [0.4, 0.5) is 0 Å². The van der Waals surface area contributed by atoms with Gasteiger partial charge in [0.2, 0.25) is 0 Å². The molecule has 1 atom stereocenters. The number of hydrogen-bond acceptors (Lipinski definition) is 4. The van der Waals surface area contributed by atoms with E-state index < -0.39 is 5.79 Å². The first-order valence-electron chi connectivity index (χ1n) is 7.75. The van der Waals surface area contributed by atoms with Crippen LogP contribution in [0, 0.1) is 0 Å². The standard InChI is InChI=1S/C17H21NO4/c1-17(2)21-11-12(22-17)7-5-6-10-18-15(19)13-8-3-4-9-14(13)16(18)20/h3-4,8-9,12H,5-7,10-11H2,1-2H3. The van der Waals surface area contributed by atoms with E-state index in [4.69, 9.17) is 9.47 Å². The molecule has 5 nitrogen and oxygen atoms in total. The summed E-state index contributed by atoms with van der Waals surface area (Å²) in [6.45, 7) is 4.89. The third-order valence-electron chi connectivity index (χ3n) is 4.10. The monoisotopic (exact) mass is 303 g/mol. The van der Waals surface area contributed by atoms with Crippen molar-refractivity contribution in [2.45, 2.75) is 45.0 Å². The maximum atomic E-state index is 12.2. The minimum atomic E-state index is -0.493. The van der Waals surface area contributed by atoms with E-state index in [0.29, 0.717) is 24.3 Å². The first-order chi connectivity index (χ1) is 10.5. The van der Waals surface area contributed by atoms with Gasteiger partial charge < -0.3 is 9.47 Å². The van der Waals surface area contributed by atoms with Crippen LogP contribution in [0.5, 0.6) is 0 Å². The molecule has 22 heavy (non-hydrogen) atoms. The number of rotatable bonds is 5. The summed E-state index contributed by atoms with van der Waals surface area (Å²) in [5.41, 5.74) is 1.03. The maximum absolute atomic E-state index is 12.2. The molecule has 118 valence electrons. The smallest absolute Gasteiger partial charge is 0.261 e. The van der Waals surface area contributed by atoms with E-state index in [1.807, 2.05) is 13.8 Å². The summed E-state index contributed by atoms with van der Waals surface area (Å²) in [7, 11) is 0. The zero-order valence-corrected chi connectivity index (χ0v) is 13.0. The highest BCUT2D eigenvalue weighted by Gasteiger charge is 2.35. The number of hydrogen-bond donors (Lipinski definition) is 0. The van der Waals surface area contributed by atoms with Crippen molar-refractivity contribution in [3.05, 3.63) is 35.4 Å². The van der Waals surface area contributed by atoms with Crippen LogP contribution >= 0.6 is 0 Å². The molecule has 2 amide bonds. The summed E-state index contributed by atoms with van der Waals surface area (Å²) >= 11 is 0. The van der Waals surface area contributed by atoms with E-state index in [1.165, 1.54) is 4.90 Å². The molecule has 0 N–H and O–H groups in total. The third kappa shape index (κ3) is 2.91. The molecule has 1 unspecified atom stereocenters. The van der Waals surface area contributed by atoms with Crippen molar-refractivity contribution in [3.8, 4) is 0 Å². The molecule has 1 saturated heterocycles. The second kappa shape index (κ2) is 5.82. The summed E-state index contributed by atoms with van der Waals surface area (Å²) in [5, 5.41) is 0. The van der Waals surface area contributed by atoms with Crippen LogP contribution in [0.3, 0.4) is 0 Å². The van der Waals surface area contributed by atoms with Crippen LogP contribution in [-0.4, -0.2) is 41.8 Å². The van der Waals surface area contributed by atoms with Crippen molar-refractivity contribution in [1.82, 2.24) is 4.90 Å². The predicted octanol–water partition coefficient (Wildman–Crippen LogP) is 2.60. The quantitative estimate of drug-likeness (QED) is 0.620. The van der Waals surface area contributed by atoms with Gasteiger partial charge in [0.05, 0.1) is 23.8 Å². The molecule has 1 fully saturated rings. The number of fused-ring (bicyclic) bond motifs is 1. The fourth-order valence-corrected chi connectivity index (χ4v) is 2.99. The molecule has 0 radical (unpaired) electrons. The highest BCUT2D eigenvalue weighted by Crippen LogP contribution is 2.26. The van der Waals surface area contributed by atoms with E-state index in [1.54, 1.807) is 24.3 Å². The fourth-order valence-electron chi connectivity index (χ4n) is 2.99. The van der Waals surface area contributed by atoms with E-state index in [0.717, 1.165) is 19.3 Å². The largest absolute Gasteiger partial charge is 0.348 e. The Morgan fingerprint density at radius 3 is 2.32 bits per heavy atom. The van der Waals surface area contributed by atoms with E-state index in [9.17, 15) is 9.59 Å². The molecule has 2 aliphatic heterocycles. The van der Waals surface area contributed by atoms with Gasteiger partial charge in [-0.05, 0) is 45.2 Å². The Bertz CT molecular complexity index is 561. The minimum Gasteiger partial charge on any atom is -0.348 e. The highest BCUT2D eigenvalue weighted by atomic mass is 16.7. The Hall–Kier alpha value is -1.72. The van der Waals surface area contributed by atoms with Gasteiger partial charge >= 0.3 is 0 Å². The first kappa shape index (κ1) is 15.2. The Labute approximate surface area is 130 Å². The van der Waals surface area contributed by atoms with Gasteiger partial charge in [0.1, 0.15) is 0 Å². The molecule has 2 aliphatic rings. The lowest BCUT2D eigenvalue weighted by Crippen LogP contribution is -2.30. The number of benzene rings is 1. The Balaban J connectivity index is 1.47. The summed E-state index contributed by atoms with van der Waals surface area (Å²) in [6.07, 6.45) is 2.67. The molecule has 0 aromatic heterocycles. The molecule has 2 heterocycles. The lowest BCUT2D eigenvalue weighted by atomic mass is 10.1. The van der Waals surface area contributed by atoms with Gasteiger partial charge in [0.15, 0.2) is 5.79 Å². The van der Waals surface area contributed by atoms with Gasteiger partial charge in [-0.1, -0.05) is 12.1 Å². The van der Waals surface area contributed by atoms with Gasteiger partial charge in [-0.3, -0.25) is 14.5 Å². The van der Waals surface area contributed by atoms with Crippen LogP contribution in [-0.2, 0) is 9.47 Å². The summed E-state index contributed by atoms with van der Waals surface area (Å²) in [6, 6.07) is 6.99. The number of carbonyl (C=O) groups is 2. The number of ether oxygens (including phenoxy) is 2. The van der Waals surface area contributed by atoms with Crippen LogP contribution in [0.2, 0.25) is 0 Å². The van der Waals surface area contributed by atoms with Gasteiger partial charge in [-0.25, -0.2) is 0 Å². The number of unbranched alkanes of at least 4 members (excludes halogenated alkanes) is 1. The van der Waals surface area contributed by atoms with Crippen molar-refractivity contribution >= 4 is 11.8 Å². The van der Waals surface area contributed by atoms with Crippen molar-refractivity contribution in [1.29, 1.82) is 0 Å². The molecule has 0 bridgehead atoms. The van der Waals surface area contributed by atoms with Crippen LogP contribution in [0.1, 0.15) is 53.8 Å². The lowest BCUT2D eigenvalue weighted by molar-refractivity contribution is -0.139. The molecule has 0 aliphatic carbocycles. The highest BCUT2D eigenvalue weighted by molar-refractivity contribution is 6.21. The van der Waals surface area contributed by atoms with Gasteiger partial charge in [0.25, 0.3) is 11.8 Å². The van der Waals surface area contributed by atoms with Crippen LogP contribution in [0.25, 0.3) is 0 Å². The van der Waals surface area contributed by atoms with Gasteiger partial charge in [-0.2, -0.15) is 0 Å². The number of amides is 2. The zero-order chi connectivity index (χ0) is 15.7. The molecular weight excluding hydrogens is 282 g/mol. The SMILES string of the molecule is CC1(C)OCC(CCCCN2C(=O)c3ccccc3C2=O)O1. The molecule has 3 rings (SSSR count). The lowest BCUT2D eigenvalue weighted by Gasteiger charge is -2.17. The average Bonchev–Trinajstić information content (AvgIpc) is 2.95. The number of imide groups is 1. The second-order valence-corrected chi connectivity index (χ2v) is 6.25. The van der Waals surface area contributed by atoms with E-state index in [-0.39, 0.29) is 17.9 Å². The molecule has 5 heteroatoms. The Morgan fingerprint density at radius 1 is 1.14 bits per heavy atom. The van der Waals surface area contributed by atoms with Crippen molar-refractivity contribution in [2.24, 2.45) is 0 Å². The molecule has 0 spiro atoms. The van der Waals surface area contributed by atoms with E-state index in [2.05, 4.69) is 0 Å². The van der Waals surface area contributed by atoms with Crippen molar-refractivity contribution in [2.75, 3.05) is 13.2 Å². The van der Waals surface area contributed by atoms with Crippen LogP contribution < -0.4 is 0 Å². The predicted molar refractivity (Wildman–Crippen MR) is 80.6 cm³/mol. The Morgan fingerprint density at radius 2 is 1.77 bits per heavy atom. The second-order valence-electron chi connectivity index (χ2n) is 6.25.